The van der Waals surface area contributed by atoms with Crippen molar-refractivity contribution in [3.8, 4) is 0 Å². The van der Waals surface area contributed by atoms with Gasteiger partial charge in [0.2, 0.25) is 10.0 Å². The van der Waals surface area contributed by atoms with Crippen LogP contribution in [-0.4, -0.2) is 36.4 Å². The van der Waals surface area contributed by atoms with Crippen molar-refractivity contribution in [1.29, 1.82) is 0 Å². The summed E-state index contributed by atoms with van der Waals surface area (Å²) in [5.41, 5.74) is 1.14. The molecule has 0 saturated carbocycles. The fourth-order valence-corrected chi connectivity index (χ4v) is 5.71. The normalized spacial score (nSPS) is 16.5. The molecule has 1 aliphatic rings. The van der Waals surface area contributed by atoms with Gasteiger partial charge in [0, 0.05) is 45.5 Å². The Bertz CT molecular complexity index is 726. The predicted octanol–water partition coefficient (Wildman–Crippen LogP) is 5.38. The summed E-state index contributed by atoms with van der Waals surface area (Å²) < 4.78 is 26.7. The van der Waals surface area contributed by atoms with Crippen LogP contribution in [0.5, 0.6) is 0 Å². The molecule has 1 N–H and O–H groups in total. The molecule has 0 unspecified atom stereocenters. The number of aliphatic carboxylic acids is 1. The fourth-order valence-electron chi connectivity index (χ4n) is 4.05. The molecule has 0 bridgehead atoms. The largest absolute Gasteiger partial charge is 0.480 e. The van der Waals surface area contributed by atoms with Gasteiger partial charge in [-0.15, -0.1) is 0 Å². The SMILES string of the molecule is CCCCCCCCCCCCc1ccc(S(=O)(=O)N2CCC[C@@H]2C(=O)O)cc1.[Rh].[Rh]. The van der Waals surface area contributed by atoms with E-state index in [2.05, 4.69) is 6.92 Å². The van der Waals surface area contributed by atoms with E-state index in [-0.39, 0.29) is 50.4 Å². The Hall–Kier alpha value is -0.153. The quantitative estimate of drug-likeness (QED) is 0.222. The molecule has 182 valence electrons. The first-order chi connectivity index (χ1) is 14.0. The summed E-state index contributed by atoms with van der Waals surface area (Å²) in [6.45, 7) is 2.52. The minimum Gasteiger partial charge on any atom is -0.480 e. The number of sulfonamides is 1. The van der Waals surface area contributed by atoms with Gasteiger partial charge in [0.25, 0.3) is 0 Å². The second-order valence-electron chi connectivity index (χ2n) is 8.19. The van der Waals surface area contributed by atoms with Gasteiger partial charge >= 0.3 is 5.97 Å². The van der Waals surface area contributed by atoms with Crippen LogP contribution in [-0.2, 0) is 60.2 Å². The summed E-state index contributed by atoms with van der Waals surface area (Å²) in [7, 11) is -3.74. The number of hydrogen-bond acceptors (Lipinski definition) is 3. The van der Waals surface area contributed by atoms with Crippen molar-refractivity contribution in [2.45, 2.75) is 101 Å². The summed E-state index contributed by atoms with van der Waals surface area (Å²) in [5.74, 6) is -1.07. The van der Waals surface area contributed by atoms with E-state index in [0.29, 0.717) is 12.8 Å². The Morgan fingerprint density at radius 2 is 1.45 bits per heavy atom. The van der Waals surface area contributed by atoms with E-state index >= 15 is 0 Å². The second kappa shape index (κ2) is 16.5. The van der Waals surface area contributed by atoms with Crippen LogP contribution in [0.1, 0.15) is 89.5 Å². The third-order valence-electron chi connectivity index (χ3n) is 5.84. The molecule has 31 heavy (non-hydrogen) atoms. The molecule has 1 aliphatic heterocycles. The van der Waals surface area contributed by atoms with Gasteiger partial charge in [-0.3, -0.25) is 4.79 Å². The minimum atomic E-state index is -3.74. The van der Waals surface area contributed by atoms with E-state index in [4.69, 9.17) is 0 Å². The molecule has 1 aromatic carbocycles. The Morgan fingerprint density at radius 1 is 0.935 bits per heavy atom. The van der Waals surface area contributed by atoms with E-state index < -0.39 is 22.0 Å². The average Bonchev–Trinajstić information content (AvgIpc) is 3.21. The number of hydrogen-bond donors (Lipinski definition) is 1. The molecule has 1 fully saturated rings. The molecule has 0 amide bonds. The zero-order valence-electron chi connectivity index (χ0n) is 18.5. The molecule has 0 aromatic heterocycles. The topological polar surface area (TPSA) is 74.7 Å². The van der Waals surface area contributed by atoms with E-state index in [1.165, 1.54) is 57.8 Å². The Morgan fingerprint density at radius 3 is 1.97 bits per heavy atom. The average molecular weight is 629 g/mol. The van der Waals surface area contributed by atoms with Crippen LogP contribution in [0.15, 0.2) is 29.2 Å². The number of carboxylic acid groups (broad SMARTS) is 1. The Balaban J connectivity index is 0.00000450. The van der Waals surface area contributed by atoms with Crippen LogP contribution >= 0.6 is 0 Å². The number of carboxylic acids is 1. The first-order valence-electron chi connectivity index (χ1n) is 11.3. The number of aryl methyl sites for hydroxylation is 1. The molecule has 0 spiro atoms. The van der Waals surface area contributed by atoms with Gasteiger partial charge in [-0.25, -0.2) is 8.42 Å². The van der Waals surface area contributed by atoms with Gasteiger partial charge in [-0.05, 0) is 43.4 Å². The van der Waals surface area contributed by atoms with E-state index in [1.54, 1.807) is 12.1 Å². The summed E-state index contributed by atoms with van der Waals surface area (Å²) >= 11 is 0. The summed E-state index contributed by atoms with van der Waals surface area (Å²) in [6.07, 6.45) is 14.9. The predicted molar refractivity (Wildman–Crippen MR) is 117 cm³/mol. The van der Waals surface area contributed by atoms with Crippen LogP contribution in [0.2, 0.25) is 0 Å². The maximum atomic E-state index is 12.8. The molecule has 2 rings (SSSR count). The zero-order chi connectivity index (χ0) is 21.1. The van der Waals surface area contributed by atoms with Gasteiger partial charge in [0.05, 0.1) is 4.90 Å². The van der Waals surface area contributed by atoms with Crippen molar-refractivity contribution in [3.05, 3.63) is 29.8 Å². The molecular weight excluding hydrogens is 592 g/mol. The molecule has 1 aromatic rings. The number of carbonyl (C=O) groups is 1. The zero-order valence-corrected chi connectivity index (χ0v) is 22.6. The standard InChI is InChI=1S/C23H37NO4S.2Rh/c1-2-3-4-5-6-7-8-9-10-11-13-20-15-17-21(18-16-20)29(27,28)24-19-12-14-22(24)23(25)26;;/h15-18,22H,2-14,19H2,1H3,(H,25,26);;/t22-;;/m1../s1. The third kappa shape index (κ3) is 10.1. The number of rotatable bonds is 14. The maximum Gasteiger partial charge on any atom is 0.322 e. The molecule has 0 aliphatic carbocycles. The summed E-state index contributed by atoms with van der Waals surface area (Å²) in [6, 6.07) is 6.04. The van der Waals surface area contributed by atoms with Crippen LogP contribution in [0.4, 0.5) is 0 Å². The molecule has 5 nitrogen and oxygen atoms in total. The van der Waals surface area contributed by atoms with Crippen molar-refractivity contribution in [2.75, 3.05) is 6.54 Å². The van der Waals surface area contributed by atoms with Gasteiger partial charge in [0.1, 0.15) is 6.04 Å². The van der Waals surface area contributed by atoms with E-state index in [0.717, 1.165) is 22.7 Å². The molecule has 1 heterocycles. The molecular formula is C23H37NO4Rh2S. The molecule has 1 saturated heterocycles. The van der Waals surface area contributed by atoms with Crippen LogP contribution in [0, 0.1) is 0 Å². The number of benzene rings is 1. The molecule has 1 atom stereocenters. The maximum absolute atomic E-state index is 12.8. The van der Waals surface area contributed by atoms with Crippen molar-refractivity contribution >= 4 is 16.0 Å². The molecule has 2 radical (unpaired) electrons. The number of nitrogens with zero attached hydrogens (tertiary/aromatic N) is 1. The van der Waals surface area contributed by atoms with Crippen molar-refractivity contribution < 1.29 is 57.3 Å². The van der Waals surface area contributed by atoms with Crippen LogP contribution in [0.25, 0.3) is 0 Å². The number of unbranched alkanes of at least 4 members (excludes halogenated alkanes) is 9. The fraction of sp³-hybridized carbons (Fsp3) is 0.696. The Labute approximate surface area is 214 Å². The smallest absolute Gasteiger partial charge is 0.322 e. The summed E-state index contributed by atoms with van der Waals surface area (Å²) in [4.78, 5) is 11.5. The third-order valence-corrected chi connectivity index (χ3v) is 7.76. The van der Waals surface area contributed by atoms with Crippen molar-refractivity contribution in [3.63, 3.8) is 0 Å². The van der Waals surface area contributed by atoms with Crippen LogP contribution < -0.4 is 0 Å². The molecule has 8 heteroatoms. The van der Waals surface area contributed by atoms with Gasteiger partial charge < -0.3 is 5.11 Å². The van der Waals surface area contributed by atoms with E-state index in [1.807, 2.05) is 12.1 Å². The first-order valence-corrected chi connectivity index (χ1v) is 12.7. The van der Waals surface area contributed by atoms with Crippen LogP contribution in [0.3, 0.4) is 0 Å². The minimum absolute atomic E-state index is 0. The van der Waals surface area contributed by atoms with Crippen molar-refractivity contribution in [2.24, 2.45) is 0 Å². The monoisotopic (exact) mass is 629 g/mol. The van der Waals surface area contributed by atoms with Gasteiger partial charge in [0.15, 0.2) is 0 Å². The summed E-state index contributed by atoms with van der Waals surface area (Å²) in [5, 5.41) is 9.25. The van der Waals surface area contributed by atoms with Crippen molar-refractivity contribution in [1.82, 2.24) is 4.31 Å². The van der Waals surface area contributed by atoms with Gasteiger partial charge in [-0.2, -0.15) is 4.31 Å². The second-order valence-corrected chi connectivity index (χ2v) is 10.1. The Kier molecular flexibility index (Phi) is 16.4. The first kappa shape index (κ1) is 30.8. The van der Waals surface area contributed by atoms with Gasteiger partial charge in [-0.1, -0.05) is 76.8 Å². The van der Waals surface area contributed by atoms with E-state index in [9.17, 15) is 18.3 Å².